The lowest BCUT2D eigenvalue weighted by molar-refractivity contribution is -0.127. The lowest BCUT2D eigenvalue weighted by Gasteiger charge is -2.31. The molecule has 1 aliphatic heterocycles. The number of hydrogen-bond acceptors (Lipinski definition) is 4. The maximum atomic E-state index is 12.8. The van der Waals surface area contributed by atoms with Crippen LogP contribution >= 0.6 is 0 Å². The fraction of sp³-hybridized carbons (Fsp3) is 0.471. The summed E-state index contributed by atoms with van der Waals surface area (Å²) in [6, 6.07) is 5.19. The van der Waals surface area contributed by atoms with E-state index in [9.17, 15) is 18.8 Å². The number of imide groups is 1. The molecule has 0 bridgehead atoms. The third-order valence-corrected chi connectivity index (χ3v) is 4.26. The highest BCUT2D eigenvalue weighted by Crippen LogP contribution is 2.17. The van der Waals surface area contributed by atoms with E-state index in [4.69, 9.17) is 5.73 Å². The van der Waals surface area contributed by atoms with Gasteiger partial charge in [-0.05, 0) is 43.6 Å². The topological polar surface area (TPSA) is 105 Å². The minimum atomic E-state index is -0.846. The predicted octanol–water partition coefficient (Wildman–Crippen LogP) is 0.739. The SMILES string of the molecule is NC(=O)NC(=O)CCN1CCC(C(=O)NCc2ccc(F)cc2)CC1. The third kappa shape index (κ3) is 6.50. The van der Waals surface area contributed by atoms with Gasteiger partial charge in [-0.3, -0.25) is 14.9 Å². The molecular weight excluding hydrogens is 327 g/mol. The van der Waals surface area contributed by atoms with Crippen molar-refractivity contribution in [2.24, 2.45) is 11.7 Å². The van der Waals surface area contributed by atoms with Crippen molar-refractivity contribution in [3.05, 3.63) is 35.6 Å². The van der Waals surface area contributed by atoms with Crippen LogP contribution in [0.25, 0.3) is 0 Å². The highest BCUT2D eigenvalue weighted by Gasteiger charge is 2.24. The summed E-state index contributed by atoms with van der Waals surface area (Å²) in [6.45, 7) is 2.35. The number of rotatable bonds is 6. The van der Waals surface area contributed by atoms with Gasteiger partial charge in [0.25, 0.3) is 0 Å². The van der Waals surface area contributed by atoms with Crippen molar-refractivity contribution >= 4 is 17.8 Å². The zero-order valence-corrected chi connectivity index (χ0v) is 14.0. The van der Waals surface area contributed by atoms with Crippen LogP contribution in [0, 0.1) is 11.7 Å². The van der Waals surface area contributed by atoms with E-state index >= 15 is 0 Å². The Morgan fingerprint density at radius 1 is 1.16 bits per heavy atom. The molecular formula is C17H23FN4O3. The molecule has 0 unspecified atom stereocenters. The summed E-state index contributed by atoms with van der Waals surface area (Å²) in [5.41, 5.74) is 5.74. The van der Waals surface area contributed by atoms with Gasteiger partial charge < -0.3 is 16.0 Å². The van der Waals surface area contributed by atoms with Crippen LogP contribution in [0.3, 0.4) is 0 Å². The second kappa shape index (κ2) is 9.12. The number of nitrogens with one attached hydrogen (secondary N) is 2. The first-order valence-electron chi connectivity index (χ1n) is 8.28. The van der Waals surface area contributed by atoms with E-state index in [0.29, 0.717) is 25.9 Å². The van der Waals surface area contributed by atoms with Gasteiger partial charge in [0, 0.05) is 25.4 Å². The highest BCUT2D eigenvalue weighted by atomic mass is 19.1. The predicted molar refractivity (Wildman–Crippen MR) is 89.8 cm³/mol. The molecule has 1 saturated heterocycles. The molecule has 1 aromatic rings. The van der Waals surface area contributed by atoms with Crippen molar-refractivity contribution in [1.82, 2.24) is 15.5 Å². The molecule has 0 spiro atoms. The zero-order valence-electron chi connectivity index (χ0n) is 14.0. The number of piperidine rings is 1. The molecule has 7 nitrogen and oxygen atoms in total. The second-order valence-corrected chi connectivity index (χ2v) is 6.12. The van der Waals surface area contributed by atoms with Gasteiger partial charge in [0.1, 0.15) is 5.82 Å². The van der Waals surface area contributed by atoms with Crippen molar-refractivity contribution < 1.29 is 18.8 Å². The Bertz CT molecular complexity index is 613. The van der Waals surface area contributed by atoms with Crippen LogP contribution in [0.15, 0.2) is 24.3 Å². The quantitative estimate of drug-likeness (QED) is 0.704. The monoisotopic (exact) mass is 350 g/mol. The summed E-state index contributed by atoms with van der Waals surface area (Å²) in [4.78, 5) is 36.3. The van der Waals surface area contributed by atoms with E-state index in [-0.39, 0.29) is 24.1 Å². The van der Waals surface area contributed by atoms with E-state index in [1.807, 2.05) is 5.32 Å². The van der Waals surface area contributed by atoms with E-state index in [1.54, 1.807) is 12.1 Å². The van der Waals surface area contributed by atoms with Gasteiger partial charge in [-0.25, -0.2) is 9.18 Å². The van der Waals surface area contributed by atoms with Crippen molar-refractivity contribution in [2.45, 2.75) is 25.8 Å². The molecule has 25 heavy (non-hydrogen) atoms. The molecule has 8 heteroatoms. The summed E-state index contributed by atoms with van der Waals surface area (Å²) in [7, 11) is 0. The molecule has 1 aliphatic rings. The van der Waals surface area contributed by atoms with E-state index in [1.165, 1.54) is 12.1 Å². The summed E-state index contributed by atoms with van der Waals surface area (Å²) in [5.74, 6) is -0.759. The van der Waals surface area contributed by atoms with Crippen LogP contribution in [0.1, 0.15) is 24.8 Å². The third-order valence-electron chi connectivity index (χ3n) is 4.26. The normalized spacial score (nSPS) is 15.6. The maximum Gasteiger partial charge on any atom is 0.318 e. The lowest BCUT2D eigenvalue weighted by atomic mass is 9.95. The van der Waals surface area contributed by atoms with Crippen molar-refractivity contribution in [2.75, 3.05) is 19.6 Å². The summed E-state index contributed by atoms with van der Waals surface area (Å²) in [6.07, 6.45) is 1.63. The van der Waals surface area contributed by atoms with Crippen LogP contribution in [0.5, 0.6) is 0 Å². The average Bonchev–Trinajstić information content (AvgIpc) is 2.59. The van der Waals surface area contributed by atoms with Gasteiger partial charge >= 0.3 is 6.03 Å². The molecule has 1 aromatic carbocycles. The molecule has 1 heterocycles. The average molecular weight is 350 g/mol. The number of urea groups is 1. The van der Waals surface area contributed by atoms with Gasteiger partial charge in [-0.1, -0.05) is 12.1 Å². The Morgan fingerprint density at radius 2 is 1.80 bits per heavy atom. The lowest BCUT2D eigenvalue weighted by Crippen LogP contribution is -2.42. The van der Waals surface area contributed by atoms with E-state index in [0.717, 1.165) is 18.7 Å². The van der Waals surface area contributed by atoms with Crippen LogP contribution in [-0.2, 0) is 16.1 Å². The van der Waals surface area contributed by atoms with Gasteiger partial charge in [-0.2, -0.15) is 0 Å². The summed E-state index contributed by atoms with van der Waals surface area (Å²) < 4.78 is 12.8. The molecule has 136 valence electrons. The molecule has 0 saturated carbocycles. The summed E-state index contributed by atoms with van der Waals surface area (Å²) >= 11 is 0. The number of nitrogens with two attached hydrogens (primary N) is 1. The number of primary amides is 1. The molecule has 2 rings (SSSR count). The molecule has 0 radical (unpaired) electrons. The number of benzene rings is 1. The van der Waals surface area contributed by atoms with Crippen molar-refractivity contribution in [3.63, 3.8) is 0 Å². The fourth-order valence-corrected chi connectivity index (χ4v) is 2.81. The largest absolute Gasteiger partial charge is 0.352 e. The molecule has 4 N–H and O–H groups in total. The van der Waals surface area contributed by atoms with Gasteiger partial charge in [0.05, 0.1) is 0 Å². The first-order valence-corrected chi connectivity index (χ1v) is 8.28. The van der Waals surface area contributed by atoms with Crippen LogP contribution in [0.2, 0.25) is 0 Å². The summed E-state index contributed by atoms with van der Waals surface area (Å²) in [5, 5.41) is 4.91. The first kappa shape index (κ1) is 18.9. The Balaban J connectivity index is 1.67. The minimum Gasteiger partial charge on any atom is -0.352 e. The van der Waals surface area contributed by atoms with Gasteiger partial charge in [0.15, 0.2) is 0 Å². The first-order chi connectivity index (χ1) is 11.9. The van der Waals surface area contributed by atoms with E-state index in [2.05, 4.69) is 10.2 Å². The number of hydrogen-bond donors (Lipinski definition) is 3. The number of amides is 4. The molecule has 0 aliphatic carbocycles. The molecule has 0 aromatic heterocycles. The maximum absolute atomic E-state index is 12.8. The number of carbonyl (C=O) groups is 3. The number of carbonyl (C=O) groups excluding carboxylic acids is 3. The van der Waals surface area contributed by atoms with E-state index < -0.39 is 11.9 Å². The molecule has 0 atom stereocenters. The zero-order chi connectivity index (χ0) is 18.2. The Kier molecular flexibility index (Phi) is 6.88. The van der Waals surface area contributed by atoms with Crippen LogP contribution < -0.4 is 16.4 Å². The molecule has 1 fully saturated rings. The fourth-order valence-electron chi connectivity index (χ4n) is 2.81. The van der Waals surface area contributed by atoms with Crippen molar-refractivity contribution in [1.29, 1.82) is 0 Å². The van der Waals surface area contributed by atoms with Gasteiger partial charge in [0.2, 0.25) is 11.8 Å². The Hall–Kier alpha value is -2.48. The molecule has 4 amide bonds. The number of nitrogens with zero attached hydrogens (tertiary/aromatic N) is 1. The highest BCUT2D eigenvalue weighted by molar-refractivity contribution is 5.93. The Labute approximate surface area is 145 Å². The standard InChI is InChI=1S/C17H23FN4O3/c18-14-3-1-12(2-4-14)11-20-16(24)13-5-8-22(9-6-13)10-7-15(23)21-17(19)25/h1-4,13H,5-11H2,(H,20,24)(H3,19,21,23,25). The van der Waals surface area contributed by atoms with Crippen molar-refractivity contribution in [3.8, 4) is 0 Å². The Morgan fingerprint density at radius 3 is 2.40 bits per heavy atom. The second-order valence-electron chi connectivity index (χ2n) is 6.12. The number of likely N-dealkylation sites (tertiary alicyclic amines) is 1. The smallest absolute Gasteiger partial charge is 0.318 e. The van der Waals surface area contributed by atoms with Gasteiger partial charge in [-0.15, -0.1) is 0 Å². The van der Waals surface area contributed by atoms with Crippen LogP contribution in [-0.4, -0.2) is 42.4 Å². The number of halogens is 1. The van der Waals surface area contributed by atoms with Crippen LogP contribution in [0.4, 0.5) is 9.18 Å². The minimum absolute atomic E-state index is 0.00422.